The Balaban J connectivity index is 3.59. The Bertz CT molecular complexity index is 194. The van der Waals surface area contributed by atoms with Crippen molar-refractivity contribution in [1.29, 1.82) is 0 Å². The number of carbonyl (C=O) groups is 1. The zero-order valence-corrected chi connectivity index (χ0v) is 9.02. The molecule has 1 amide bonds. The van der Waals surface area contributed by atoms with Crippen molar-refractivity contribution in [2.24, 2.45) is 5.73 Å². The number of hydrogen-bond donors (Lipinski definition) is 1. The van der Waals surface area contributed by atoms with Crippen molar-refractivity contribution >= 4 is 5.91 Å². The first-order valence-electron chi connectivity index (χ1n) is 5.01. The molecule has 0 aliphatic carbocycles. The van der Waals surface area contributed by atoms with Gasteiger partial charge in [0.15, 0.2) is 0 Å². The van der Waals surface area contributed by atoms with Crippen LogP contribution in [-0.4, -0.2) is 5.91 Å². The van der Waals surface area contributed by atoms with Gasteiger partial charge in [0, 0.05) is 6.42 Å². The SMILES string of the molecule is CCC(C)=C(C)CCCCC(N)=O. The molecule has 0 saturated carbocycles. The molecule has 13 heavy (non-hydrogen) atoms. The van der Waals surface area contributed by atoms with Gasteiger partial charge in [-0.3, -0.25) is 4.79 Å². The van der Waals surface area contributed by atoms with E-state index in [-0.39, 0.29) is 5.91 Å². The van der Waals surface area contributed by atoms with Crippen molar-refractivity contribution in [3.63, 3.8) is 0 Å². The van der Waals surface area contributed by atoms with Crippen molar-refractivity contribution < 1.29 is 4.79 Å². The largest absolute Gasteiger partial charge is 0.370 e. The molecule has 0 aromatic carbocycles. The molecule has 0 aliphatic heterocycles. The summed E-state index contributed by atoms with van der Waals surface area (Å²) in [5.74, 6) is -0.186. The third-order valence-electron chi connectivity index (χ3n) is 2.48. The standard InChI is InChI=1S/C11H21NO/c1-4-9(2)10(3)7-5-6-8-11(12)13/h4-8H2,1-3H3,(H2,12,13). The minimum absolute atomic E-state index is 0.186. The summed E-state index contributed by atoms with van der Waals surface area (Å²) in [6.07, 6.45) is 4.75. The molecular formula is C11H21NO. The highest BCUT2D eigenvalue weighted by Gasteiger charge is 1.97. The monoisotopic (exact) mass is 183 g/mol. The second kappa shape index (κ2) is 6.70. The van der Waals surface area contributed by atoms with E-state index in [1.807, 2.05) is 0 Å². The van der Waals surface area contributed by atoms with Crippen LogP contribution >= 0.6 is 0 Å². The third-order valence-corrected chi connectivity index (χ3v) is 2.48. The number of carbonyl (C=O) groups excluding carboxylic acids is 1. The number of amides is 1. The maximum Gasteiger partial charge on any atom is 0.217 e. The molecule has 0 spiro atoms. The Kier molecular flexibility index (Phi) is 6.29. The Morgan fingerprint density at radius 3 is 2.08 bits per heavy atom. The van der Waals surface area contributed by atoms with Gasteiger partial charge in [0.05, 0.1) is 0 Å². The van der Waals surface area contributed by atoms with Crippen LogP contribution in [0.25, 0.3) is 0 Å². The molecule has 0 aromatic rings. The van der Waals surface area contributed by atoms with Crippen molar-refractivity contribution in [3.05, 3.63) is 11.1 Å². The fraction of sp³-hybridized carbons (Fsp3) is 0.727. The molecule has 2 nitrogen and oxygen atoms in total. The molecule has 2 heteroatoms. The Hall–Kier alpha value is -0.790. The molecule has 0 unspecified atom stereocenters. The van der Waals surface area contributed by atoms with Gasteiger partial charge in [-0.25, -0.2) is 0 Å². The quantitative estimate of drug-likeness (QED) is 0.499. The van der Waals surface area contributed by atoms with E-state index >= 15 is 0 Å². The fourth-order valence-corrected chi connectivity index (χ4v) is 1.20. The van der Waals surface area contributed by atoms with E-state index in [1.54, 1.807) is 0 Å². The summed E-state index contributed by atoms with van der Waals surface area (Å²) in [6, 6.07) is 0. The lowest BCUT2D eigenvalue weighted by atomic mass is 10.0. The highest BCUT2D eigenvalue weighted by molar-refractivity contribution is 5.73. The molecule has 0 radical (unpaired) electrons. The summed E-state index contributed by atoms with van der Waals surface area (Å²) in [4.78, 5) is 10.4. The Labute approximate surface area is 81.2 Å². The number of unbranched alkanes of at least 4 members (excludes halogenated alkanes) is 1. The second-order valence-electron chi connectivity index (χ2n) is 3.59. The maximum absolute atomic E-state index is 10.4. The fourth-order valence-electron chi connectivity index (χ4n) is 1.20. The zero-order valence-electron chi connectivity index (χ0n) is 9.02. The smallest absolute Gasteiger partial charge is 0.217 e. The van der Waals surface area contributed by atoms with E-state index in [1.165, 1.54) is 11.1 Å². The van der Waals surface area contributed by atoms with Crippen LogP contribution in [-0.2, 0) is 4.79 Å². The summed E-state index contributed by atoms with van der Waals surface area (Å²) in [5.41, 5.74) is 7.98. The normalized spacial score (nSPS) is 12.5. The summed E-state index contributed by atoms with van der Waals surface area (Å²) in [7, 11) is 0. The molecule has 0 bridgehead atoms. The first-order valence-corrected chi connectivity index (χ1v) is 5.01. The van der Waals surface area contributed by atoms with Crippen molar-refractivity contribution in [2.75, 3.05) is 0 Å². The highest BCUT2D eigenvalue weighted by atomic mass is 16.1. The first kappa shape index (κ1) is 12.2. The van der Waals surface area contributed by atoms with Crippen molar-refractivity contribution in [1.82, 2.24) is 0 Å². The molecule has 0 fully saturated rings. The van der Waals surface area contributed by atoms with Gasteiger partial charge < -0.3 is 5.73 Å². The average molecular weight is 183 g/mol. The van der Waals surface area contributed by atoms with Gasteiger partial charge in [-0.2, -0.15) is 0 Å². The minimum atomic E-state index is -0.186. The highest BCUT2D eigenvalue weighted by Crippen LogP contribution is 2.14. The summed E-state index contributed by atoms with van der Waals surface area (Å²) in [5, 5.41) is 0. The van der Waals surface area contributed by atoms with Crippen molar-refractivity contribution in [2.45, 2.75) is 52.9 Å². The van der Waals surface area contributed by atoms with E-state index in [0.717, 1.165) is 25.7 Å². The van der Waals surface area contributed by atoms with Gasteiger partial charge in [0.2, 0.25) is 5.91 Å². The van der Waals surface area contributed by atoms with Crippen molar-refractivity contribution in [3.8, 4) is 0 Å². The van der Waals surface area contributed by atoms with E-state index in [2.05, 4.69) is 20.8 Å². The minimum Gasteiger partial charge on any atom is -0.370 e. The number of nitrogens with two attached hydrogens (primary N) is 1. The van der Waals surface area contributed by atoms with Gasteiger partial charge in [-0.05, 0) is 39.5 Å². The maximum atomic E-state index is 10.4. The molecule has 0 atom stereocenters. The van der Waals surface area contributed by atoms with Crippen LogP contribution in [0.3, 0.4) is 0 Å². The van der Waals surface area contributed by atoms with Gasteiger partial charge in [0.25, 0.3) is 0 Å². The summed E-state index contributed by atoms with van der Waals surface area (Å²) in [6.45, 7) is 6.51. The number of allylic oxidation sites excluding steroid dienone is 2. The van der Waals surface area contributed by atoms with Crippen LogP contribution in [0.4, 0.5) is 0 Å². The Morgan fingerprint density at radius 2 is 1.62 bits per heavy atom. The van der Waals surface area contributed by atoms with E-state index in [0.29, 0.717) is 6.42 Å². The van der Waals surface area contributed by atoms with Gasteiger partial charge in [0.1, 0.15) is 0 Å². The van der Waals surface area contributed by atoms with E-state index in [9.17, 15) is 4.79 Å². The summed E-state index contributed by atoms with van der Waals surface area (Å²) < 4.78 is 0. The molecule has 76 valence electrons. The second-order valence-corrected chi connectivity index (χ2v) is 3.59. The van der Waals surface area contributed by atoms with Crippen LogP contribution in [0.1, 0.15) is 52.9 Å². The molecule has 0 heterocycles. The van der Waals surface area contributed by atoms with Crippen LogP contribution in [0.2, 0.25) is 0 Å². The number of rotatable bonds is 6. The molecule has 0 saturated heterocycles. The lowest BCUT2D eigenvalue weighted by Gasteiger charge is -2.04. The predicted molar refractivity (Wildman–Crippen MR) is 56.3 cm³/mol. The summed E-state index contributed by atoms with van der Waals surface area (Å²) >= 11 is 0. The molecule has 0 rings (SSSR count). The lowest BCUT2D eigenvalue weighted by molar-refractivity contribution is -0.118. The van der Waals surface area contributed by atoms with Crippen LogP contribution < -0.4 is 5.73 Å². The molecule has 0 aliphatic rings. The first-order chi connectivity index (χ1) is 6.07. The third kappa shape index (κ3) is 6.38. The van der Waals surface area contributed by atoms with E-state index in [4.69, 9.17) is 5.73 Å². The van der Waals surface area contributed by atoms with Gasteiger partial charge in [-0.15, -0.1) is 0 Å². The van der Waals surface area contributed by atoms with Crippen LogP contribution in [0.5, 0.6) is 0 Å². The molecule has 2 N–H and O–H groups in total. The van der Waals surface area contributed by atoms with Crippen LogP contribution in [0, 0.1) is 0 Å². The van der Waals surface area contributed by atoms with Gasteiger partial charge in [-0.1, -0.05) is 18.1 Å². The lowest BCUT2D eigenvalue weighted by Crippen LogP contribution is -2.09. The average Bonchev–Trinajstić information content (AvgIpc) is 2.10. The number of primary amides is 1. The number of hydrogen-bond acceptors (Lipinski definition) is 1. The van der Waals surface area contributed by atoms with Crippen LogP contribution in [0.15, 0.2) is 11.1 Å². The van der Waals surface area contributed by atoms with E-state index < -0.39 is 0 Å². The topological polar surface area (TPSA) is 43.1 Å². The molecule has 0 aromatic heterocycles. The molecular weight excluding hydrogens is 162 g/mol. The van der Waals surface area contributed by atoms with Gasteiger partial charge >= 0.3 is 0 Å². The Morgan fingerprint density at radius 1 is 1.08 bits per heavy atom. The zero-order chi connectivity index (χ0) is 10.3. The predicted octanol–water partition coefficient (Wildman–Crippen LogP) is 2.78.